The van der Waals surface area contributed by atoms with Crippen molar-refractivity contribution in [3.63, 3.8) is 0 Å². The summed E-state index contributed by atoms with van der Waals surface area (Å²) in [6.45, 7) is 3.71. The topological polar surface area (TPSA) is 74.3 Å². The number of rotatable bonds is 8. The number of ether oxygens (including phenoxy) is 1. The van der Waals surface area contributed by atoms with Gasteiger partial charge in [-0.1, -0.05) is 42.9 Å². The molecule has 1 aliphatic rings. The highest BCUT2D eigenvalue weighted by Crippen LogP contribution is 2.27. The van der Waals surface area contributed by atoms with E-state index in [1.54, 1.807) is 6.07 Å². The Balaban J connectivity index is 1.51. The molecule has 1 saturated carbocycles. The van der Waals surface area contributed by atoms with E-state index < -0.39 is 6.04 Å². The van der Waals surface area contributed by atoms with Gasteiger partial charge < -0.3 is 20.1 Å². The molecule has 1 fully saturated rings. The largest absolute Gasteiger partial charge is 0.490 e. The number of aromatic nitrogens is 1. The molecule has 0 radical (unpaired) electrons. The van der Waals surface area contributed by atoms with Crippen molar-refractivity contribution in [2.24, 2.45) is 5.92 Å². The number of aliphatic hydroxyl groups excluding tert-OH is 1. The minimum absolute atomic E-state index is 0.0642. The normalized spacial score (nSPS) is 14.7. The molecule has 34 heavy (non-hydrogen) atoms. The second-order valence-electron chi connectivity index (χ2n) is 9.45. The third-order valence-corrected chi connectivity index (χ3v) is 6.38. The first-order valence-electron chi connectivity index (χ1n) is 12.3. The summed E-state index contributed by atoms with van der Waals surface area (Å²) >= 11 is 0. The number of hydrogen-bond acceptors (Lipinski definition) is 3. The number of H-pyrrole nitrogens is 1. The van der Waals surface area contributed by atoms with E-state index in [9.17, 15) is 9.90 Å². The van der Waals surface area contributed by atoms with E-state index in [2.05, 4.69) is 22.1 Å². The van der Waals surface area contributed by atoms with Crippen LogP contribution in [0, 0.1) is 17.8 Å². The Morgan fingerprint density at radius 2 is 2.00 bits per heavy atom. The van der Waals surface area contributed by atoms with Crippen LogP contribution in [0.2, 0.25) is 0 Å². The van der Waals surface area contributed by atoms with Gasteiger partial charge in [0.1, 0.15) is 5.75 Å². The lowest BCUT2D eigenvalue weighted by atomic mass is 10.0. The molecule has 5 nitrogen and oxygen atoms in total. The van der Waals surface area contributed by atoms with Gasteiger partial charge in [-0.05, 0) is 68.9 Å². The van der Waals surface area contributed by atoms with Crippen molar-refractivity contribution in [3.8, 4) is 17.6 Å². The zero-order valence-electron chi connectivity index (χ0n) is 20.1. The summed E-state index contributed by atoms with van der Waals surface area (Å²) in [4.78, 5) is 16.5. The van der Waals surface area contributed by atoms with E-state index in [4.69, 9.17) is 4.74 Å². The summed E-state index contributed by atoms with van der Waals surface area (Å²) < 4.78 is 5.91. The van der Waals surface area contributed by atoms with Gasteiger partial charge in [0.25, 0.3) is 5.91 Å². The number of aromatic amines is 1. The Morgan fingerprint density at radius 1 is 1.21 bits per heavy atom. The fraction of sp³-hybridized carbons (Fsp3) is 0.414. The highest BCUT2D eigenvalue weighted by molar-refractivity contribution is 5.97. The number of carbonyl (C=O) groups excluding carboxylic acids is 1. The predicted octanol–water partition coefficient (Wildman–Crippen LogP) is 5.22. The van der Waals surface area contributed by atoms with E-state index in [0.717, 1.165) is 28.5 Å². The van der Waals surface area contributed by atoms with Gasteiger partial charge >= 0.3 is 0 Å². The molecule has 0 aliphatic heterocycles. The lowest BCUT2D eigenvalue weighted by Crippen LogP contribution is -2.39. The number of hydrogen-bond donors (Lipinski definition) is 3. The smallest absolute Gasteiger partial charge is 0.255 e. The van der Waals surface area contributed by atoms with Crippen LogP contribution >= 0.6 is 0 Å². The molecule has 0 bridgehead atoms. The molecule has 1 amide bonds. The fourth-order valence-corrected chi connectivity index (χ4v) is 4.64. The number of nitrogens with one attached hydrogen (secondary N) is 2. The maximum absolute atomic E-state index is 13.3. The van der Waals surface area contributed by atoms with E-state index in [1.807, 2.05) is 56.4 Å². The highest BCUT2D eigenvalue weighted by Gasteiger charge is 2.20. The number of para-hydroxylation sites is 1. The van der Waals surface area contributed by atoms with Crippen LogP contribution < -0.4 is 10.1 Å². The van der Waals surface area contributed by atoms with Crippen LogP contribution in [0.1, 0.15) is 67.4 Å². The first-order chi connectivity index (χ1) is 16.5. The van der Waals surface area contributed by atoms with Crippen LogP contribution in [0.15, 0.2) is 48.7 Å². The third-order valence-electron chi connectivity index (χ3n) is 6.38. The highest BCUT2D eigenvalue weighted by atomic mass is 16.5. The van der Waals surface area contributed by atoms with Crippen LogP contribution in [-0.4, -0.2) is 34.8 Å². The van der Waals surface area contributed by atoms with Gasteiger partial charge in [0.15, 0.2) is 0 Å². The molecular formula is C29H34N2O3. The number of aliphatic hydroxyl groups is 1. The van der Waals surface area contributed by atoms with Crippen LogP contribution in [0.25, 0.3) is 10.9 Å². The second kappa shape index (κ2) is 11.3. The van der Waals surface area contributed by atoms with Crippen LogP contribution in [0.5, 0.6) is 5.75 Å². The molecule has 1 atom stereocenters. The van der Waals surface area contributed by atoms with Crippen molar-refractivity contribution in [2.75, 3.05) is 6.61 Å². The molecular weight excluding hydrogens is 424 g/mol. The van der Waals surface area contributed by atoms with Gasteiger partial charge in [-0.2, -0.15) is 0 Å². The Bertz CT molecular complexity index is 1180. The van der Waals surface area contributed by atoms with Crippen molar-refractivity contribution in [1.29, 1.82) is 0 Å². The molecule has 1 aliphatic carbocycles. The molecule has 4 rings (SSSR count). The summed E-state index contributed by atoms with van der Waals surface area (Å²) in [5.41, 5.74) is 3.34. The van der Waals surface area contributed by atoms with Crippen molar-refractivity contribution in [3.05, 3.63) is 65.4 Å². The van der Waals surface area contributed by atoms with E-state index in [1.165, 1.54) is 25.7 Å². The van der Waals surface area contributed by atoms with E-state index in [-0.39, 0.29) is 18.6 Å². The molecule has 1 aromatic heterocycles. The molecule has 178 valence electrons. The maximum atomic E-state index is 13.3. The van der Waals surface area contributed by atoms with Crippen molar-refractivity contribution in [1.82, 2.24) is 10.3 Å². The first kappa shape index (κ1) is 23.9. The van der Waals surface area contributed by atoms with Crippen molar-refractivity contribution in [2.45, 2.75) is 64.5 Å². The summed E-state index contributed by atoms with van der Waals surface area (Å²) in [6.07, 6.45) is 8.45. The average molecular weight is 459 g/mol. The third kappa shape index (κ3) is 6.01. The van der Waals surface area contributed by atoms with Gasteiger partial charge in [-0.25, -0.2) is 0 Å². The molecule has 3 N–H and O–H groups in total. The zero-order valence-corrected chi connectivity index (χ0v) is 20.1. The van der Waals surface area contributed by atoms with Gasteiger partial charge in [0.2, 0.25) is 0 Å². The molecule has 0 spiro atoms. The molecule has 2 aromatic carbocycles. The Kier molecular flexibility index (Phi) is 7.92. The number of benzene rings is 2. The Labute approximate surface area is 201 Å². The minimum atomic E-state index is -0.421. The summed E-state index contributed by atoms with van der Waals surface area (Å²) in [5.74, 6) is 7.49. The minimum Gasteiger partial charge on any atom is -0.490 e. The Morgan fingerprint density at radius 3 is 2.76 bits per heavy atom. The van der Waals surface area contributed by atoms with Gasteiger partial charge in [0.05, 0.1) is 24.3 Å². The van der Waals surface area contributed by atoms with E-state index in [0.29, 0.717) is 23.7 Å². The molecule has 0 saturated heterocycles. The zero-order chi connectivity index (χ0) is 23.9. The molecule has 0 unspecified atom stereocenters. The molecule has 3 aromatic rings. The fourth-order valence-electron chi connectivity index (χ4n) is 4.64. The monoisotopic (exact) mass is 458 g/mol. The van der Waals surface area contributed by atoms with Crippen LogP contribution in [-0.2, 0) is 6.42 Å². The van der Waals surface area contributed by atoms with E-state index >= 15 is 0 Å². The second-order valence-corrected chi connectivity index (χ2v) is 9.45. The standard InChI is InChI=1S/C29H34N2O3/c1-20(2)34-28-15-14-22(11-7-10-21-8-3-4-9-21)16-26(28)29(33)31-24(19-32)17-23-18-30-27-13-6-5-12-25(23)27/h5-6,12-16,18,20-21,24,30,32H,3-4,8-10,17,19H2,1-2H3,(H,31,33)/t24-/m1/s1. The quantitative estimate of drug-likeness (QED) is 0.405. The molecule has 5 heteroatoms. The Hall–Kier alpha value is -3.23. The lowest BCUT2D eigenvalue weighted by molar-refractivity contribution is 0.0910. The predicted molar refractivity (Wildman–Crippen MR) is 136 cm³/mol. The molecule has 1 heterocycles. The number of carbonyl (C=O) groups is 1. The van der Waals surface area contributed by atoms with Crippen LogP contribution in [0.4, 0.5) is 0 Å². The number of fused-ring (bicyclic) bond motifs is 1. The van der Waals surface area contributed by atoms with Crippen molar-refractivity contribution < 1.29 is 14.6 Å². The van der Waals surface area contributed by atoms with Gasteiger partial charge in [-0.15, -0.1) is 0 Å². The van der Waals surface area contributed by atoms with Crippen LogP contribution in [0.3, 0.4) is 0 Å². The SMILES string of the molecule is CC(C)Oc1ccc(C#CCC2CCCC2)cc1C(=O)N[C@@H](CO)Cc1c[nH]c2ccccc12. The maximum Gasteiger partial charge on any atom is 0.255 e. The van der Waals surface area contributed by atoms with Gasteiger partial charge in [0, 0.05) is 29.1 Å². The summed E-state index contributed by atoms with van der Waals surface area (Å²) in [5, 5.41) is 14.1. The first-order valence-corrected chi connectivity index (χ1v) is 12.3. The average Bonchev–Trinajstić information content (AvgIpc) is 3.49. The lowest BCUT2D eigenvalue weighted by Gasteiger charge is -2.19. The van der Waals surface area contributed by atoms with Gasteiger partial charge in [-0.3, -0.25) is 4.79 Å². The summed E-state index contributed by atoms with van der Waals surface area (Å²) in [7, 11) is 0. The number of amides is 1. The van der Waals surface area contributed by atoms with Crippen molar-refractivity contribution >= 4 is 16.8 Å². The summed E-state index contributed by atoms with van der Waals surface area (Å²) in [6, 6.07) is 13.1.